The van der Waals surface area contributed by atoms with Crippen LogP contribution in [0.5, 0.6) is 0 Å². The molecule has 6 heteroatoms. The average molecular weight is 206 g/mol. The standard InChI is InChI=1S/C6H8O4P2/c7-11(8)5-3-1-2-4-6(5)12(9)10/h1-4,11-12H,(H,7,8)(H,9,10). The summed E-state index contributed by atoms with van der Waals surface area (Å²) in [5.41, 5.74) is 0. The van der Waals surface area contributed by atoms with Crippen LogP contribution in [-0.2, 0) is 9.13 Å². The van der Waals surface area contributed by atoms with Crippen molar-refractivity contribution >= 4 is 26.7 Å². The first kappa shape index (κ1) is 9.69. The van der Waals surface area contributed by atoms with E-state index in [1.165, 1.54) is 12.1 Å². The van der Waals surface area contributed by atoms with Crippen molar-refractivity contribution in [1.29, 1.82) is 0 Å². The Morgan fingerprint density at radius 1 is 0.917 bits per heavy atom. The normalized spacial score (nSPS) is 15.5. The summed E-state index contributed by atoms with van der Waals surface area (Å²) in [6.45, 7) is 0. The molecule has 1 aromatic rings. The minimum Gasteiger partial charge on any atom is -0.343 e. The SMILES string of the molecule is O=[PH](O)c1ccccc1[PH](=O)O. The lowest BCUT2D eigenvalue weighted by molar-refractivity contribution is 0.509. The summed E-state index contributed by atoms with van der Waals surface area (Å²) < 4.78 is 21.4. The second kappa shape index (κ2) is 4.01. The zero-order valence-electron chi connectivity index (χ0n) is 6.02. The highest BCUT2D eigenvalue weighted by Crippen LogP contribution is 2.18. The molecular formula is C6H8O4P2. The van der Waals surface area contributed by atoms with E-state index in [1.54, 1.807) is 12.1 Å². The molecule has 0 radical (unpaired) electrons. The van der Waals surface area contributed by atoms with Gasteiger partial charge in [0.25, 0.3) is 0 Å². The first-order valence-electron chi connectivity index (χ1n) is 3.18. The Hall–Kier alpha value is -0.400. The Balaban J connectivity index is 3.27. The second-order valence-electron chi connectivity index (χ2n) is 2.16. The van der Waals surface area contributed by atoms with Crippen molar-refractivity contribution in [3.05, 3.63) is 24.3 Å². The molecule has 0 heterocycles. The molecule has 0 saturated carbocycles. The predicted octanol–water partition coefficient (Wildman–Crippen LogP) is -0.129. The smallest absolute Gasteiger partial charge is 0.218 e. The van der Waals surface area contributed by atoms with Gasteiger partial charge in [0.15, 0.2) is 0 Å². The number of benzene rings is 1. The third-order valence-electron chi connectivity index (χ3n) is 1.39. The first-order valence-corrected chi connectivity index (χ1v) is 5.89. The molecule has 4 nitrogen and oxygen atoms in total. The fourth-order valence-electron chi connectivity index (χ4n) is 0.856. The third-order valence-corrected chi connectivity index (χ3v) is 3.43. The van der Waals surface area contributed by atoms with Gasteiger partial charge in [0.05, 0.1) is 0 Å². The summed E-state index contributed by atoms with van der Waals surface area (Å²) in [7, 11) is -5.74. The molecule has 0 saturated heterocycles. The second-order valence-corrected chi connectivity index (χ2v) is 4.45. The van der Waals surface area contributed by atoms with Gasteiger partial charge in [-0.15, -0.1) is 0 Å². The molecule has 0 aliphatic heterocycles. The van der Waals surface area contributed by atoms with Crippen LogP contribution in [0.4, 0.5) is 0 Å². The van der Waals surface area contributed by atoms with Gasteiger partial charge in [-0.1, -0.05) is 12.1 Å². The van der Waals surface area contributed by atoms with Gasteiger partial charge in [-0.3, -0.25) is 9.13 Å². The van der Waals surface area contributed by atoms with Gasteiger partial charge in [0.2, 0.25) is 16.1 Å². The highest BCUT2D eigenvalue weighted by atomic mass is 31.1. The van der Waals surface area contributed by atoms with Crippen LogP contribution in [0.15, 0.2) is 24.3 Å². The Bertz CT molecular complexity index is 303. The van der Waals surface area contributed by atoms with Crippen molar-refractivity contribution in [2.24, 2.45) is 0 Å². The summed E-state index contributed by atoms with van der Waals surface area (Å²) in [6.07, 6.45) is 0. The Kier molecular flexibility index (Phi) is 3.24. The zero-order chi connectivity index (χ0) is 9.14. The van der Waals surface area contributed by atoms with E-state index in [9.17, 15) is 9.13 Å². The number of hydrogen-bond donors (Lipinski definition) is 2. The molecule has 0 spiro atoms. The molecular weight excluding hydrogens is 198 g/mol. The first-order chi connectivity index (χ1) is 5.63. The third kappa shape index (κ3) is 2.05. The lowest BCUT2D eigenvalue weighted by Gasteiger charge is -2.01. The van der Waals surface area contributed by atoms with Crippen LogP contribution < -0.4 is 10.6 Å². The molecule has 2 unspecified atom stereocenters. The summed E-state index contributed by atoms with van der Waals surface area (Å²) in [5, 5.41) is 0.155. The fourth-order valence-corrected chi connectivity index (χ4v) is 2.60. The molecule has 0 aliphatic rings. The van der Waals surface area contributed by atoms with Crippen LogP contribution >= 0.6 is 16.1 Å². The molecule has 0 aromatic heterocycles. The van der Waals surface area contributed by atoms with Crippen LogP contribution in [0.1, 0.15) is 0 Å². The maximum absolute atomic E-state index is 10.7. The molecule has 12 heavy (non-hydrogen) atoms. The van der Waals surface area contributed by atoms with Crippen LogP contribution in [-0.4, -0.2) is 9.79 Å². The van der Waals surface area contributed by atoms with Crippen molar-refractivity contribution < 1.29 is 18.9 Å². The van der Waals surface area contributed by atoms with Gasteiger partial charge < -0.3 is 9.79 Å². The van der Waals surface area contributed by atoms with Crippen LogP contribution in [0.25, 0.3) is 0 Å². The van der Waals surface area contributed by atoms with E-state index in [2.05, 4.69) is 0 Å². The van der Waals surface area contributed by atoms with Gasteiger partial charge in [0, 0.05) is 10.6 Å². The quantitative estimate of drug-likeness (QED) is 0.661. The highest BCUT2D eigenvalue weighted by Gasteiger charge is 2.09. The zero-order valence-corrected chi connectivity index (χ0v) is 8.02. The average Bonchev–Trinajstić information content (AvgIpc) is 2.04. The summed E-state index contributed by atoms with van der Waals surface area (Å²) in [5.74, 6) is 0. The molecule has 66 valence electrons. The number of hydrogen-bond acceptors (Lipinski definition) is 2. The maximum Gasteiger partial charge on any atom is 0.218 e. The van der Waals surface area contributed by atoms with E-state index in [-0.39, 0.29) is 10.6 Å². The van der Waals surface area contributed by atoms with Crippen LogP contribution in [0, 0.1) is 0 Å². The largest absolute Gasteiger partial charge is 0.343 e. The van der Waals surface area contributed by atoms with Crippen molar-refractivity contribution in [3.63, 3.8) is 0 Å². The molecule has 1 rings (SSSR count). The van der Waals surface area contributed by atoms with Crippen LogP contribution in [0.3, 0.4) is 0 Å². The highest BCUT2D eigenvalue weighted by molar-refractivity contribution is 7.54. The van der Waals surface area contributed by atoms with Crippen molar-refractivity contribution in [3.8, 4) is 0 Å². The summed E-state index contributed by atoms with van der Waals surface area (Å²) in [4.78, 5) is 17.5. The predicted molar refractivity (Wildman–Crippen MR) is 48.2 cm³/mol. The van der Waals surface area contributed by atoms with Crippen molar-refractivity contribution in [2.75, 3.05) is 0 Å². The van der Waals surface area contributed by atoms with E-state index < -0.39 is 16.1 Å². The van der Waals surface area contributed by atoms with Crippen molar-refractivity contribution in [1.82, 2.24) is 0 Å². The van der Waals surface area contributed by atoms with E-state index in [0.717, 1.165) is 0 Å². The number of rotatable bonds is 2. The maximum atomic E-state index is 10.7. The van der Waals surface area contributed by atoms with Gasteiger partial charge >= 0.3 is 0 Å². The Morgan fingerprint density at radius 2 is 1.25 bits per heavy atom. The monoisotopic (exact) mass is 206 g/mol. The fraction of sp³-hybridized carbons (Fsp3) is 0. The summed E-state index contributed by atoms with van der Waals surface area (Å²) in [6, 6.07) is 5.88. The molecule has 2 atom stereocenters. The minimum absolute atomic E-state index is 0.0777. The van der Waals surface area contributed by atoms with Gasteiger partial charge in [-0.2, -0.15) is 0 Å². The van der Waals surface area contributed by atoms with E-state index in [0.29, 0.717) is 0 Å². The topological polar surface area (TPSA) is 74.6 Å². The molecule has 2 N–H and O–H groups in total. The van der Waals surface area contributed by atoms with E-state index in [1.807, 2.05) is 0 Å². The lowest BCUT2D eigenvalue weighted by Crippen LogP contribution is -2.16. The van der Waals surface area contributed by atoms with E-state index >= 15 is 0 Å². The molecule has 0 fully saturated rings. The summed E-state index contributed by atoms with van der Waals surface area (Å²) >= 11 is 0. The van der Waals surface area contributed by atoms with Gasteiger partial charge in [-0.05, 0) is 12.1 Å². The molecule has 0 amide bonds. The van der Waals surface area contributed by atoms with Gasteiger partial charge in [-0.25, -0.2) is 0 Å². The Labute approximate surface area is 70.6 Å². The Morgan fingerprint density at radius 3 is 1.50 bits per heavy atom. The van der Waals surface area contributed by atoms with Gasteiger partial charge in [0.1, 0.15) is 0 Å². The minimum atomic E-state index is -2.87. The molecule has 1 aromatic carbocycles. The lowest BCUT2D eigenvalue weighted by atomic mass is 10.4. The van der Waals surface area contributed by atoms with E-state index in [4.69, 9.17) is 9.79 Å². The molecule has 0 aliphatic carbocycles. The molecule has 0 bridgehead atoms. The van der Waals surface area contributed by atoms with Crippen molar-refractivity contribution in [2.45, 2.75) is 0 Å². The van der Waals surface area contributed by atoms with Crippen LogP contribution in [0.2, 0.25) is 0 Å².